The Hall–Kier alpha value is -3.13. The maximum Gasteiger partial charge on any atom is 0.259 e. The van der Waals surface area contributed by atoms with Gasteiger partial charge in [0, 0.05) is 11.3 Å². The molecule has 2 amide bonds. The summed E-state index contributed by atoms with van der Waals surface area (Å²) in [5.41, 5.74) is 2.29. The van der Waals surface area contributed by atoms with Gasteiger partial charge in [-0.05, 0) is 48.7 Å². The fourth-order valence-corrected chi connectivity index (χ4v) is 4.81. The van der Waals surface area contributed by atoms with Crippen molar-refractivity contribution in [1.82, 2.24) is 4.90 Å². The molecule has 2 aliphatic heterocycles. The molecule has 2 aromatic rings. The molecule has 0 saturated carbocycles. The molecule has 0 saturated heterocycles. The van der Waals surface area contributed by atoms with Crippen molar-refractivity contribution in [1.29, 1.82) is 0 Å². The van der Waals surface area contributed by atoms with Gasteiger partial charge in [-0.2, -0.15) is 0 Å². The van der Waals surface area contributed by atoms with E-state index in [0.717, 1.165) is 23.4 Å². The third-order valence-corrected chi connectivity index (χ3v) is 7.27. The van der Waals surface area contributed by atoms with Gasteiger partial charge < -0.3 is 10.1 Å². The van der Waals surface area contributed by atoms with E-state index in [1.807, 2.05) is 38.1 Å². The molecule has 8 heteroatoms. The van der Waals surface area contributed by atoms with Crippen LogP contribution in [0.5, 0.6) is 5.75 Å². The molecule has 4 rings (SSSR count). The van der Waals surface area contributed by atoms with Gasteiger partial charge in [-0.1, -0.05) is 51.1 Å². The molecule has 0 spiro atoms. The van der Waals surface area contributed by atoms with Crippen LogP contribution in [0.15, 0.2) is 58.5 Å². The number of nitrogens with one attached hydrogen (secondary N) is 1. The van der Waals surface area contributed by atoms with Crippen LogP contribution in [0.1, 0.15) is 39.2 Å². The maximum absolute atomic E-state index is 13.4. The quantitative estimate of drug-likeness (QED) is 0.635. The monoisotopic (exact) mass is 464 g/mol. The number of carbonyl (C=O) groups is 2. The largest absolute Gasteiger partial charge is 0.497 e. The summed E-state index contributed by atoms with van der Waals surface area (Å²) in [4.78, 5) is 37.6. The number of nitrogens with zero attached hydrogens (tertiary/aromatic N) is 3. The Labute approximate surface area is 198 Å². The van der Waals surface area contributed by atoms with Gasteiger partial charge in [0.05, 0.1) is 18.0 Å². The number of carbonyl (C=O) groups excluding carboxylic acids is 2. The molecule has 0 aromatic heterocycles. The predicted molar refractivity (Wildman–Crippen MR) is 133 cm³/mol. The number of rotatable bonds is 7. The molecule has 2 heterocycles. The van der Waals surface area contributed by atoms with Crippen LogP contribution < -0.4 is 10.1 Å². The van der Waals surface area contributed by atoms with Crippen molar-refractivity contribution >= 4 is 46.0 Å². The lowest BCUT2D eigenvalue weighted by atomic mass is 10.00. The zero-order valence-corrected chi connectivity index (χ0v) is 20.1. The second-order valence-corrected chi connectivity index (χ2v) is 9.27. The smallest absolute Gasteiger partial charge is 0.259 e. The van der Waals surface area contributed by atoms with E-state index in [1.165, 1.54) is 11.8 Å². The van der Waals surface area contributed by atoms with Crippen LogP contribution in [-0.2, 0) is 9.59 Å². The lowest BCUT2D eigenvalue weighted by molar-refractivity contribution is -0.125. The van der Waals surface area contributed by atoms with Crippen molar-refractivity contribution in [2.24, 2.45) is 15.9 Å². The summed E-state index contributed by atoms with van der Waals surface area (Å²) in [7, 11) is 1.60. The van der Waals surface area contributed by atoms with Gasteiger partial charge in [-0.25, -0.2) is 9.89 Å². The van der Waals surface area contributed by atoms with Gasteiger partial charge in [0.25, 0.3) is 5.91 Å². The first-order valence-electron chi connectivity index (χ1n) is 11.2. The average molecular weight is 465 g/mol. The van der Waals surface area contributed by atoms with Crippen LogP contribution in [0, 0.1) is 5.92 Å². The van der Waals surface area contributed by atoms with Crippen LogP contribution in [0.3, 0.4) is 0 Å². The SMILES string of the molecule is CC[C@H](SC1=Nc2ccccc2C2=N[C@@H]([C@H](C)CC)C(=O)N12)C(=O)Nc1ccc(OC)cc1. The Morgan fingerprint density at radius 2 is 1.88 bits per heavy atom. The number of amides is 2. The van der Waals surface area contributed by atoms with E-state index in [9.17, 15) is 9.59 Å². The Bertz CT molecular complexity index is 1110. The van der Waals surface area contributed by atoms with Gasteiger partial charge >= 0.3 is 0 Å². The molecule has 2 aliphatic rings. The second kappa shape index (κ2) is 9.79. The third kappa shape index (κ3) is 4.53. The maximum atomic E-state index is 13.4. The molecular weight excluding hydrogens is 436 g/mol. The summed E-state index contributed by atoms with van der Waals surface area (Å²) in [6, 6.07) is 14.4. The van der Waals surface area contributed by atoms with Crippen molar-refractivity contribution in [2.45, 2.75) is 44.9 Å². The van der Waals surface area contributed by atoms with Crippen LogP contribution in [0.4, 0.5) is 11.4 Å². The molecule has 2 aromatic carbocycles. The number of hydrogen-bond donors (Lipinski definition) is 1. The van der Waals surface area contributed by atoms with E-state index in [-0.39, 0.29) is 17.7 Å². The topological polar surface area (TPSA) is 83.4 Å². The molecule has 0 aliphatic carbocycles. The number of thioether (sulfide) groups is 1. The number of amidine groups is 2. The first kappa shape index (κ1) is 23.0. The summed E-state index contributed by atoms with van der Waals surface area (Å²) in [5, 5.41) is 3.03. The van der Waals surface area contributed by atoms with Crippen LogP contribution in [-0.4, -0.2) is 46.1 Å². The summed E-state index contributed by atoms with van der Waals surface area (Å²) in [5.74, 6) is 1.25. The molecule has 3 atom stereocenters. The minimum atomic E-state index is -0.435. The number of ether oxygens (including phenoxy) is 1. The fraction of sp³-hybridized carbons (Fsp3) is 0.360. The molecule has 0 fully saturated rings. The number of hydrogen-bond acceptors (Lipinski definition) is 6. The Balaban J connectivity index is 1.60. The highest BCUT2D eigenvalue weighted by atomic mass is 32.2. The number of para-hydroxylation sites is 1. The predicted octanol–water partition coefficient (Wildman–Crippen LogP) is 4.85. The molecule has 0 unspecified atom stereocenters. The molecule has 33 heavy (non-hydrogen) atoms. The van der Waals surface area contributed by atoms with Crippen LogP contribution in [0.25, 0.3) is 0 Å². The van der Waals surface area contributed by atoms with Gasteiger partial charge in [-0.3, -0.25) is 14.6 Å². The second-order valence-electron chi connectivity index (χ2n) is 8.10. The van der Waals surface area contributed by atoms with E-state index in [4.69, 9.17) is 14.7 Å². The summed E-state index contributed by atoms with van der Waals surface area (Å²) >= 11 is 1.30. The minimum absolute atomic E-state index is 0.0782. The number of aliphatic imine (C=N–C) groups is 2. The van der Waals surface area contributed by atoms with Gasteiger partial charge in [0.1, 0.15) is 17.6 Å². The summed E-state index contributed by atoms with van der Waals surface area (Å²) in [6.45, 7) is 6.05. The van der Waals surface area contributed by atoms with Crippen molar-refractivity contribution in [3.8, 4) is 5.75 Å². The van der Waals surface area contributed by atoms with E-state index in [0.29, 0.717) is 23.1 Å². The van der Waals surface area contributed by atoms with E-state index < -0.39 is 11.3 Å². The Morgan fingerprint density at radius 3 is 2.55 bits per heavy atom. The van der Waals surface area contributed by atoms with Crippen molar-refractivity contribution in [3.05, 3.63) is 54.1 Å². The van der Waals surface area contributed by atoms with Gasteiger partial charge in [-0.15, -0.1) is 0 Å². The number of anilines is 1. The average Bonchev–Trinajstić information content (AvgIpc) is 3.20. The van der Waals surface area contributed by atoms with Gasteiger partial charge in [0.15, 0.2) is 5.17 Å². The highest BCUT2D eigenvalue weighted by Gasteiger charge is 2.43. The first-order valence-corrected chi connectivity index (χ1v) is 12.1. The van der Waals surface area contributed by atoms with Crippen LogP contribution >= 0.6 is 11.8 Å². The molecule has 0 bridgehead atoms. The highest BCUT2D eigenvalue weighted by Crippen LogP contribution is 2.36. The molecule has 7 nitrogen and oxygen atoms in total. The van der Waals surface area contributed by atoms with Crippen molar-refractivity contribution < 1.29 is 14.3 Å². The zero-order chi connectivity index (χ0) is 23.5. The van der Waals surface area contributed by atoms with E-state index in [2.05, 4.69) is 12.2 Å². The van der Waals surface area contributed by atoms with Gasteiger partial charge in [0.2, 0.25) is 5.91 Å². The summed E-state index contributed by atoms with van der Waals surface area (Å²) < 4.78 is 5.17. The highest BCUT2D eigenvalue weighted by molar-refractivity contribution is 8.15. The normalized spacial score (nSPS) is 18.6. The summed E-state index contributed by atoms with van der Waals surface area (Å²) in [6.07, 6.45) is 1.43. The number of benzene rings is 2. The standard InChI is InChI=1S/C25H28N4O3S/c1-5-15(3)21-24(31)29-22(28-21)18-9-7-8-10-19(18)27-25(29)33-20(6-2)23(30)26-16-11-13-17(32-4)14-12-16/h7-15,20-21H,5-6H2,1-4H3,(H,26,30)/t15-,20+,21+/m1/s1. The van der Waals surface area contributed by atoms with E-state index >= 15 is 0 Å². The fourth-order valence-electron chi connectivity index (χ4n) is 3.79. The van der Waals surface area contributed by atoms with Crippen LogP contribution in [0.2, 0.25) is 0 Å². The molecular formula is C25H28N4O3S. The number of fused-ring (bicyclic) bond motifs is 3. The minimum Gasteiger partial charge on any atom is -0.497 e. The third-order valence-electron chi connectivity index (χ3n) is 5.95. The Kier molecular flexibility index (Phi) is 6.83. The van der Waals surface area contributed by atoms with Crippen molar-refractivity contribution in [3.63, 3.8) is 0 Å². The Morgan fingerprint density at radius 1 is 1.15 bits per heavy atom. The lowest BCUT2D eigenvalue weighted by Crippen LogP contribution is -2.43. The lowest BCUT2D eigenvalue weighted by Gasteiger charge is -2.27. The zero-order valence-electron chi connectivity index (χ0n) is 19.2. The van der Waals surface area contributed by atoms with E-state index in [1.54, 1.807) is 36.3 Å². The molecule has 172 valence electrons. The first-order chi connectivity index (χ1) is 16.0. The molecule has 1 N–H and O–H groups in total. The number of methoxy groups -OCH3 is 1. The molecule has 0 radical (unpaired) electrons. The van der Waals surface area contributed by atoms with Crippen molar-refractivity contribution in [2.75, 3.05) is 12.4 Å².